The van der Waals surface area contributed by atoms with E-state index in [0.717, 1.165) is 19.5 Å². The zero-order valence-electron chi connectivity index (χ0n) is 13.3. The van der Waals surface area contributed by atoms with Gasteiger partial charge in [0.2, 0.25) is 0 Å². The zero-order valence-corrected chi connectivity index (χ0v) is 13.3. The van der Waals surface area contributed by atoms with E-state index in [0.29, 0.717) is 16.7 Å². The maximum absolute atomic E-state index is 13.6. The van der Waals surface area contributed by atoms with E-state index in [1.54, 1.807) is 6.07 Å². The Kier molecular flexibility index (Phi) is 5.24. The van der Waals surface area contributed by atoms with Gasteiger partial charge in [0.05, 0.1) is 12.7 Å². The van der Waals surface area contributed by atoms with Crippen molar-refractivity contribution in [1.82, 2.24) is 5.32 Å². The summed E-state index contributed by atoms with van der Waals surface area (Å²) in [6.07, 6.45) is -3.75. The highest BCUT2D eigenvalue weighted by molar-refractivity contribution is 5.68. The fourth-order valence-electron chi connectivity index (χ4n) is 2.78. The third-order valence-electron chi connectivity index (χ3n) is 3.96. The number of ether oxygens (including phenoxy) is 2. The van der Waals surface area contributed by atoms with Gasteiger partial charge in [-0.15, -0.1) is 13.2 Å². The molecule has 3 nitrogen and oxygen atoms in total. The van der Waals surface area contributed by atoms with Gasteiger partial charge < -0.3 is 14.8 Å². The lowest BCUT2D eigenvalue weighted by Gasteiger charge is -2.15. The molecule has 0 aromatic heterocycles. The molecule has 1 atom stereocenters. The molecule has 0 amide bonds. The first kappa shape index (κ1) is 17.7. The largest absolute Gasteiger partial charge is 0.573 e. The maximum Gasteiger partial charge on any atom is 0.573 e. The summed E-state index contributed by atoms with van der Waals surface area (Å²) in [6, 6.07) is 9.79. The molecule has 0 aliphatic carbocycles. The molecule has 1 saturated heterocycles. The molecule has 0 bridgehead atoms. The molecule has 1 aliphatic heterocycles. The molecule has 0 spiro atoms. The molecule has 0 saturated carbocycles. The lowest BCUT2D eigenvalue weighted by molar-refractivity contribution is -0.274. The van der Waals surface area contributed by atoms with Crippen LogP contribution in [0.25, 0.3) is 11.1 Å². The van der Waals surface area contributed by atoms with Crippen LogP contribution in [0.2, 0.25) is 0 Å². The standard InChI is InChI=1S/C18H17F4NO2/c19-14-3-6-17(13(9-14)11-24-16-7-8-23-10-16)12-1-4-15(5-2-12)25-18(20,21)22/h1-6,9,16,23H,7-8,10-11H2. The second-order valence-corrected chi connectivity index (χ2v) is 5.80. The summed E-state index contributed by atoms with van der Waals surface area (Å²) in [5.74, 6) is -0.683. The van der Waals surface area contributed by atoms with E-state index in [1.807, 2.05) is 0 Å². The molecule has 2 aromatic rings. The summed E-state index contributed by atoms with van der Waals surface area (Å²) in [4.78, 5) is 0. The summed E-state index contributed by atoms with van der Waals surface area (Å²) in [7, 11) is 0. The van der Waals surface area contributed by atoms with E-state index in [1.165, 1.54) is 36.4 Å². The first-order valence-corrected chi connectivity index (χ1v) is 7.88. The van der Waals surface area contributed by atoms with Crippen LogP contribution in [0.15, 0.2) is 42.5 Å². The van der Waals surface area contributed by atoms with Crippen molar-refractivity contribution in [2.45, 2.75) is 25.5 Å². The average molecular weight is 355 g/mol. The number of hydrogen-bond donors (Lipinski definition) is 1. The predicted molar refractivity (Wildman–Crippen MR) is 84.6 cm³/mol. The van der Waals surface area contributed by atoms with E-state index in [4.69, 9.17) is 4.74 Å². The molecule has 0 radical (unpaired) electrons. The highest BCUT2D eigenvalue weighted by Crippen LogP contribution is 2.29. The fourth-order valence-corrected chi connectivity index (χ4v) is 2.78. The third kappa shape index (κ3) is 4.93. The quantitative estimate of drug-likeness (QED) is 0.813. The van der Waals surface area contributed by atoms with Gasteiger partial charge in [0.1, 0.15) is 11.6 Å². The van der Waals surface area contributed by atoms with Crippen LogP contribution in [-0.2, 0) is 11.3 Å². The minimum absolute atomic E-state index is 0.0821. The van der Waals surface area contributed by atoms with Crippen molar-refractivity contribution in [3.05, 3.63) is 53.8 Å². The Morgan fingerprint density at radius 3 is 2.48 bits per heavy atom. The average Bonchev–Trinajstić information content (AvgIpc) is 3.06. The van der Waals surface area contributed by atoms with Crippen LogP contribution in [0.3, 0.4) is 0 Å². The molecular weight excluding hydrogens is 338 g/mol. The van der Waals surface area contributed by atoms with Crippen LogP contribution in [0.5, 0.6) is 5.75 Å². The first-order chi connectivity index (χ1) is 11.9. The van der Waals surface area contributed by atoms with Crippen LogP contribution in [0, 0.1) is 5.82 Å². The minimum Gasteiger partial charge on any atom is -0.406 e. The summed E-state index contributed by atoms with van der Waals surface area (Å²) in [5.41, 5.74) is 2.03. The number of halogens is 4. The van der Waals surface area contributed by atoms with Crippen molar-refractivity contribution in [3.8, 4) is 16.9 Å². The smallest absolute Gasteiger partial charge is 0.406 e. The lowest BCUT2D eigenvalue weighted by Crippen LogP contribution is -2.17. The SMILES string of the molecule is Fc1ccc(-c2ccc(OC(F)(F)F)cc2)c(COC2CCNC2)c1. The summed E-state index contributed by atoms with van der Waals surface area (Å²) >= 11 is 0. The van der Waals surface area contributed by atoms with Crippen LogP contribution >= 0.6 is 0 Å². The van der Waals surface area contributed by atoms with E-state index in [9.17, 15) is 17.6 Å². The molecule has 1 unspecified atom stereocenters. The van der Waals surface area contributed by atoms with Crippen LogP contribution in [0.1, 0.15) is 12.0 Å². The normalized spacial score (nSPS) is 17.7. The van der Waals surface area contributed by atoms with Gasteiger partial charge in [-0.05, 0) is 53.9 Å². The van der Waals surface area contributed by atoms with Gasteiger partial charge in [0.25, 0.3) is 0 Å². The fraction of sp³-hybridized carbons (Fsp3) is 0.333. The molecule has 1 N–H and O–H groups in total. The number of alkyl halides is 3. The minimum atomic E-state index is -4.73. The Morgan fingerprint density at radius 2 is 1.84 bits per heavy atom. The Hall–Kier alpha value is -2.12. The Bertz CT molecular complexity index is 710. The van der Waals surface area contributed by atoms with E-state index in [2.05, 4.69) is 10.1 Å². The number of hydrogen-bond acceptors (Lipinski definition) is 3. The van der Waals surface area contributed by atoms with Gasteiger partial charge in [-0.25, -0.2) is 4.39 Å². The van der Waals surface area contributed by atoms with Crippen molar-refractivity contribution >= 4 is 0 Å². The second kappa shape index (κ2) is 7.41. The third-order valence-corrected chi connectivity index (χ3v) is 3.96. The molecule has 134 valence electrons. The molecule has 1 aliphatic rings. The zero-order chi connectivity index (χ0) is 17.9. The maximum atomic E-state index is 13.6. The van der Waals surface area contributed by atoms with Crippen molar-refractivity contribution in [3.63, 3.8) is 0 Å². The van der Waals surface area contributed by atoms with Gasteiger partial charge in [-0.2, -0.15) is 0 Å². The molecule has 25 heavy (non-hydrogen) atoms. The van der Waals surface area contributed by atoms with Crippen molar-refractivity contribution < 1.29 is 27.0 Å². The molecule has 3 rings (SSSR count). The first-order valence-electron chi connectivity index (χ1n) is 7.88. The highest BCUT2D eigenvalue weighted by atomic mass is 19.4. The predicted octanol–water partition coefficient (Wildman–Crippen LogP) is 4.27. The van der Waals surface area contributed by atoms with Gasteiger partial charge in [0, 0.05) is 6.54 Å². The molecule has 7 heteroatoms. The summed E-state index contributed by atoms with van der Waals surface area (Å²) < 4.78 is 60.0. The number of nitrogens with one attached hydrogen (secondary N) is 1. The van der Waals surface area contributed by atoms with Crippen molar-refractivity contribution in [2.24, 2.45) is 0 Å². The van der Waals surface area contributed by atoms with Gasteiger partial charge in [-0.1, -0.05) is 18.2 Å². The van der Waals surface area contributed by atoms with Gasteiger partial charge >= 0.3 is 6.36 Å². The molecule has 2 aromatic carbocycles. The molecular formula is C18H17F4NO2. The monoisotopic (exact) mass is 355 g/mol. The Labute approximate surface area is 142 Å². The molecule has 1 fully saturated rings. The second-order valence-electron chi connectivity index (χ2n) is 5.80. The van der Waals surface area contributed by atoms with Crippen molar-refractivity contribution in [2.75, 3.05) is 13.1 Å². The number of benzene rings is 2. The molecule has 1 heterocycles. The van der Waals surface area contributed by atoms with Gasteiger partial charge in [0.15, 0.2) is 0 Å². The lowest BCUT2D eigenvalue weighted by atomic mass is 10.00. The highest BCUT2D eigenvalue weighted by Gasteiger charge is 2.31. The van der Waals surface area contributed by atoms with Gasteiger partial charge in [-0.3, -0.25) is 0 Å². The van der Waals surface area contributed by atoms with Crippen LogP contribution < -0.4 is 10.1 Å². The van der Waals surface area contributed by atoms with Crippen LogP contribution in [0.4, 0.5) is 17.6 Å². The summed E-state index contributed by atoms with van der Waals surface area (Å²) in [6.45, 7) is 1.88. The Balaban J connectivity index is 1.78. The van der Waals surface area contributed by atoms with E-state index in [-0.39, 0.29) is 24.3 Å². The Morgan fingerprint density at radius 1 is 1.08 bits per heavy atom. The number of rotatable bonds is 5. The van der Waals surface area contributed by atoms with E-state index >= 15 is 0 Å². The van der Waals surface area contributed by atoms with Crippen LogP contribution in [-0.4, -0.2) is 25.6 Å². The summed E-state index contributed by atoms with van der Waals surface area (Å²) in [5, 5.41) is 3.19. The van der Waals surface area contributed by atoms with E-state index < -0.39 is 6.36 Å². The topological polar surface area (TPSA) is 30.5 Å². The van der Waals surface area contributed by atoms with Crippen molar-refractivity contribution in [1.29, 1.82) is 0 Å².